The highest BCUT2D eigenvalue weighted by atomic mass is 16.6. The fourth-order valence-corrected chi connectivity index (χ4v) is 3.19. The molecular formula is C11H15N5O3. The van der Waals surface area contributed by atoms with Crippen molar-refractivity contribution in [3.8, 4) is 0 Å². The van der Waals surface area contributed by atoms with Crippen LogP contribution < -0.4 is 10.6 Å². The van der Waals surface area contributed by atoms with Crippen molar-refractivity contribution >= 4 is 17.5 Å². The third kappa shape index (κ3) is 1.97. The molecule has 0 saturated carbocycles. The maximum atomic E-state index is 11.1. The van der Waals surface area contributed by atoms with E-state index in [1.165, 1.54) is 0 Å². The van der Waals surface area contributed by atoms with Gasteiger partial charge >= 0.3 is 5.69 Å². The molecule has 2 atom stereocenters. The average molecular weight is 265 g/mol. The quantitative estimate of drug-likeness (QED) is 0.589. The number of rotatable bonds is 2. The van der Waals surface area contributed by atoms with Crippen molar-refractivity contribution in [3.05, 3.63) is 16.3 Å². The van der Waals surface area contributed by atoms with Crippen LogP contribution in [0.25, 0.3) is 0 Å². The Morgan fingerprint density at radius 3 is 2.63 bits per heavy atom. The summed E-state index contributed by atoms with van der Waals surface area (Å²) in [4.78, 5) is 20.3. The Kier molecular flexibility index (Phi) is 2.74. The molecule has 1 aromatic rings. The highest BCUT2D eigenvalue weighted by Crippen LogP contribution is 2.41. The molecule has 0 amide bonds. The number of anilines is 2. The first-order valence-corrected chi connectivity index (χ1v) is 6.29. The van der Waals surface area contributed by atoms with Gasteiger partial charge in [0.15, 0.2) is 0 Å². The third-order valence-electron chi connectivity index (χ3n) is 3.92. The maximum Gasteiger partial charge on any atom is 0.329 e. The Morgan fingerprint density at radius 1 is 1.42 bits per heavy atom. The Bertz CT molecular complexity index is 509. The van der Waals surface area contributed by atoms with Gasteiger partial charge in [-0.15, -0.1) is 0 Å². The van der Waals surface area contributed by atoms with E-state index in [0.717, 1.165) is 19.0 Å². The van der Waals surface area contributed by atoms with Crippen molar-refractivity contribution in [2.24, 2.45) is 0 Å². The lowest BCUT2D eigenvalue weighted by molar-refractivity contribution is -0.384. The molecule has 1 aromatic heterocycles. The van der Waals surface area contributed by atoms with Gasteiger partial charge in [-0.3, -0.25) is 10.1 Å². The molecule has 0 radical (unpaired) electrons. The lowest BCUT2D eigenvalue weighted by Gasteiger charge is -2.37. The highest BCUT2D eigenvalue weighted by Gasteiger charge is 2.43. The van der Waals surface area contributed by atoms with Crippen LogP contribution in [0.2, 0.25) is 0 Å². The molecule has 2 unspecified atom stereocenters. The number of aliphatic hydroxyl groups is 1. The highest BCUT2D eigenvalue weighted by molar-refractivity contribution is 5.60. The van der Waals surface area contributed by atoms with E-state index in [1.807, 2.05) is 4.90 Å². The summed E-state index contributed by atoms with van der Waals surface area (Å²) in [5, 5.41) is 20.9. The summed E-state index contributed by atoms with van der Waals surface area (Å²) in [6, 6.07) is 0.198. The first-order valence-electron chi connectivity index (χ1n) is 6.29. The Balaban J connectivity index is 2.03. The van der Waals surface area contributed by atoms with E-state index in [-0.39, 0.29) is 35.6 Å². The van der Waals surface area contributed by atoms with Gasteiger partial charge in [-0.2, -0.15) is 4.98 Å². The number of piperidine rings is 1. The molecule has 2 bridgehead atoms. The molecule has 2 saturated heterocycles. The molecule has 3 N–H and O–H groups in total. The van der Waals surface area contributed by atoms with E-state index in [2.05, 4.69) is 9.97 Å². The molecule has 2 aliphatic rings. The summed E-state index contributed by atoms with van der Waals surface area (Å²) in [6.45, 7) is 0. The molecule has 2 fully saturated rings. The molecular weight excluding hydrogens is 250 g/mol. The Labute approximate surface area is 109 Å². The summed E-state index contributed by atoms with van der Waals surface area (Å²) >= 11 is 0. The van der Waals surface area contributed by atoms with Crippen molar-refractivity contribution < 1.29 is 10.0 Å². The summed E-state index contributed by atoms with van der Waals surface area (Å²) in [6.07, 6.45) is 3.91. The van der Waals surface area contributed by atoms with Crippen LogP contribution in [0.15, 0.2) is 6.20 Å². The number of nitrogens with zero attached hydrogens (tertiary/aromatic N) is 4. The minimum Gasteiger partial charge on any atom is -0.393 e. The lowest BCUT2D eigenvalue weighted by Crippen LogP contribution is -2.45. The topological polar surface area (TPSA) is 118 Å². The van der Waals surface area contributed by atoms with Gasteiger partial charge in [0.1, 0.15) is 6.20 Å². The molecule has 19 heavy (non-hydrogen) atoms. The first-order chi connectivity index (χ1) is 9.06. The van der Waals surface area contributed by atoms with E-state index in [1.54, 1.807) is 0 Å². The third-order valence-corrected chi connectivity index (χ3v) is 3.92. The zero-order chi connectivity index (χ0) is 13.6. The normalized spacial score (nSPS) is 29.5. The van der Waals surface area contributed by atoms with Gasteiger partial charge in [-0.1, -0.05) is 0 Å². The summed E-state index contributed by atoms with van der Waals surface area (Å²) in [5.41, 5.74) is 5.43. The van der Waals surface area contributed by atoms with E-state index in [0.29, 0.717) is 12.8 Å². The van der Waals surface area contributed by atoms with E-state index >= 15 is 0 Å². The van der Waals surface area contributed by atoms with E-state index in [9.17, 15) is 15.2 Å². The summed E-state index contributed by atoms with van der Waals surface area (Å²) < 4.78 is 0. The van der Waals surface area contributed by atoms with Crippen molar-refractivity contribution in [1.29, 1.82) is 0 Å². The van der Waals surface area contributed by atoms with Crippen LogP contribution in [-0.2, 0) is 0 Å². The van der Waals surface area contributed by atoms with Gasteiger partial charge in [0.2, 0.25) is 11.8 Å². The fourth-order valence-electron chi connectivity index (χ4n) is 3.19. The number of nitro groups is 1. The number of aromatic nitrogens is 2. The molecule has 3 heterocycles. The van der Waals surface area contributed by atoms with E-state index in [4.69, 9.17) is 5.73 Å². The number of nitrogen functional groups attached to an aromatic ring is 1. The van der Waals surface area contributed by atoms with Crippen LogP contribution in [0.1, 0.15) is 25.7 Å². The molecule has 0 spiro atoms. The average Bonchev–Trinajstić information content (AvgIpc) is 2.61. The molecule has 2 aliphatic heterocycles. The molecule has 8 heteroatoms. The second kappa shape index (κ2) is 4.30. The SMILES string of the molecule is Nc1ncc([N+](=O)[O-])c(N2C3CCC2CC(O)C3)n1. The van der Waals surface area contributed by atoms with Gasteiger partial charge < -0.3 is 15.7 Å². The van der Waals surface area contributed by atoms with Crippen LogP contribution in [0.3, 0.4) is 0 Å². The van der Waals surface area contributed by atoms with Gasteiger partial charge in [-0.25, -0.2) is 4.98 Å². The van der Waals surface area contributed by atoms with Crippen LogP contribution in [0.4, 0.5) is 17.5 Å². The van der Waals surface area contributed by atoms with Crippen molar-refractivity contribution in [1.82, 2.24) is 9.97 Å². The summed E-state index contributed by atoms with van der Waals surface area (Å²) in [5.74, 6) is 0.322. The van der Waals surface area contributed by atoms with Crippen molar-refractivity contribution in [2.75, 3.05) is 10.6 Å². The molecule has 8 nitrogen and oxygen atoms in total. The van der Waals surface area contributed by atoms with Crippen LogP contribution in [-0.4, -0.2) is 38.2 Å². The molecule has 3 rings (SSSR count). The number of hydrogen-bond donors (Lipinski definition) is 2. The number of nitrogens with two attached hydrogens (primary N) is 1. The number of aliphatic hydroxyl groups excluding tert-OH is 1. The van der Waals surface area contributed by atoms with Crippen molar-refractivity contribution in [2.45, 2.75) is 43.9 Å². The molecule has 102 valence electrons. The van der Waals surface area contributed by atoms with Crippen LogP contribution in [0, 0.1) is 10.1 Å². The van der Waals surface area contributed by atoms with Gasteiger partial charge in [0.05, 0.1) is 11.0 Å². The second-order valence-electron chi connectivity index (χ2n) is 5.11. The fraction of sp³-hybridized carbons (Fsp3) is 0.636. The Hall–Kier alpha value is -1.96. The molecule has 0 aliphatic carbocycles. The molecule has 0 aromatic carbocycles. The lowest BCUT2D eigenvalue weighted by atomic mass is 10.00. The standard InChI is InChI=1S/C11H15N5O3/c12-11-13-5-9(16(18)19)10(14-11)15-6-1-2-7(15)4-8(17)3-6/h5-8,17H,1-4H2,(H2,12,13,14). The Morgan fingerprint density at radius 2 is 2.05 bits per heavy atom. The monoisotopic (exact) mass is 265 g/mol. The largest absolute Gasteiger partial charge is 0.393 e. The smallest absolute Gasteiger partial charge is 0.329 e. The van der Waals surface area contributed by atoms with Crippen LogP contribution >= 0.6 is 0 Å². The minimum absolute atomic E-state index is 0.0334. The van der Waals surface area contributed by atoms with Gasteiger partial charge in [0.25, 0.3) is 0 Å². The van der Waals surface area contributed by atoms with Gasteiger partial charge in [0, 0.05) is 12.1 Å². The maximum absolute atomic E-state index is 11.1. The minimum atomic E-state index is -0.487. The first kappa shape index (κ1) is 12.1. The van der Waals surface area contributed by atoms with E-state index < -0.39 is 4.92 Å². The van der Waals surface area contributed by atoms with Crippen molar-refractivity contribution in [3.63, 3.8) is 0 Å². The zero-order valence-corrected chi connectivity index (χ0v) is 10.3. The zero-order valence-electron chi connectivity index (χ0n) is 10.3. The predicted molar refractivity (Wildman–Crippen MR) is 67.6 cm³/mol. The van der Waals surface area contributed by atoms with Gasteiger partial charge in [-0.05, 0) is 25.7 Å². The number of fused-ring (bicyclic) bond motifs is 2. The second-order valence-corrected chi connectivity index (χ2v) is 5.11. The summed E-state index contributed by atoms with van der Waals surface area (Å²) in [7, 11) is 0. The number of hydrogen-bond acceptors (Lipinski definition) is 7. The predicted octanol–water partition coefficient (Wildman–Crippen LogP) is 0.459. The van der Waals surface area contributed by atoms with Crippen LogP contribution in [0.5, 0.6) is 0 Å².